The van der Waals surface area contributed by atoms with Crippen molar-refractivity contribution in [2.45, 2.75) is 19.9 Å². The summed E-state index contributed by atoms with van der Waals surface area (Å²) >= 11 is 0. The lowest BCUT2D eigenvalue weighted by atomic mass is 9.96. The van der Waals surface area contributed by atoms with Gasteiger partial charge in [0.15, 0.2) is 0 Å². The van der Waals surface area contributed by atoms with Crippen LogP contribution in [0.3, 0.4) is 0 Å². The molecule has 1 N–H and O–H groups in total. The van der Waals surface area contributed by atoms with E-state index in [0.717, 1.165) is 18.7 Å². The lowest BCUT2D eigenvalue weighted by Crippen LogP contribution is -2.51. The highest BCUT2D eigenvalue weighted by Gasteiger charge is 2.23. The number of benzene rings is 1. The van der Waals surface area contributed by atoms with Crippen molar-refractivity contribution < 1.29 is 9.18 Å². The van der Waals surface area contributed by atoms with Gasteiger partial charge >= 0.3 is 0 Å². The van der Waals surface area contributed by atoms with Crippen molar-refractivity contribution >= 4 is 11.9 Å². The molecular formula is C20H26FN5O. The molecule has 3 rings (SSSR count). The van der Waals surface area contributed by atoms with Gasteiger partial charge in [-0.3, -0.25) is 4.79 Å². The van der Waals surface area contributed by atoms with E-state index in [1.165, 1.54) is 12.1 Å². The molecule has 1 aliphatic heterocycles. The number of nitrogens with one attached hydrogen (secondary N) is 1. The maximum atomic E-state index is 13.2. The summed E-state index contributed by atoms with van der Waals surface area (Å²) in [5.74, 6) is 0.822. The second-order valence-corrected chi connectivity index (χ2v) is 7.07. The van der Waals surface area contributed by atoms with Crippen LogP contribution in [0, 0.1) is 11.7 Å². The van der Waals surface area contributed by atoms with Crippen LogP contribution in [0.15, 0.2) is 42.7 Å². The van der Waals surface area contributed by atoms with Crippen LogP contribution in [0.25, 0.3) is 0 Å². The Balaban J connectivity index is 1.52. The fourth-order valence-corrected chi connectivity index (χ4v) is 3.33. The number of piperazine rings is 1. The van der Waals surface area contributed by atoms with Gasteiger partial charge in [-0.1, -0.05) is 26.0 Å². The molecular weight excluding hydrogens is 345 g/mol. The second-order valence-electron chi connectivity index (χ2n) is 7.07. The first-order valence-corrected chi connectivity index (χ1v) is 9.33. The van der Waals surface area contributed by atoms with Crippen molar-refractivity contribution in [2.24, 2.45) is 5.92 Å². The van der Waals surface area contributed by atoms with Gasteiger partial charge in [-0.25, -0.2) is 14.4 Å². The van der Waals surface area contributed by atoms with Gasteiger partial charge in [-0.05, 0) is 29.7 Å². The number of hydrogen-bond acceptors (Lipinski definition) is 5. The molecule has 1 aromatic heterocycles. The van der Waals surface area contributed by atoms with Crippen LogP contribution in [-0.2, 0) is 4.79 Å². The first kappa shape index (κ1) is 19.2. The third kappa shape index (κ3) is 5.01. The van der Waals surface area contributed by atoms with Crippen LogP contribution < -0.4 is 10.2 Å². The van der Waals surface area contributed by atoms with Gasteiger partial charge in [-0.15, -0.1) is 0 Å². The zero-order valence-electron chi connectivity index (χ0n) is 15.8. The van der Waals surface area contributed by atoms with Crippen molar-refractivity contribution in [3.63, 3.8) is 0 Å². The van der Waals surface area contributed by atoms with Gasteiger partial charge in [0.05, 0.1) is 6.54 Å². The van der Waals surface area contributed by atoms with E-state index >= 15 is 0 Å². The van der Waals surface area contributed by atoms with Crippen molar-refractivity contribution in [1.82, 2.24) is 20.2 Å². The molecule has 1 aromatic carbocycles. The van der Waals surface area contributed by atoms with Crippen LogP contribution >= 0.6 is 0 Å². The summed E-state index contributed by atoms with van der Waals surface area (Å²) in [5.41, 5.74) is 0.991. The normalized spacial score (nSPS) is 15.9. The highest BCUT2D eigenvalue weighted by molar-refractivity contribution is 5.78. The number of rotatable bonds is 6. The Kier molecular flexibility index (Phi) is 6.34. The zero-order chi connectivity index (χ0) is 19.2. The molecule has 144 valence electrons. The Hall–Kier alpha value is -2.54. The minimum absolute atomic E-state index is 0.00792. The average molecular weight is 371 g/mol. The van der Waals surface area contributed by atoms with E-state index in [9.17, 15) is 9.18 Å². The van der Waals surface area contributed by atoms with Crippen LogP contribution in [0.5, 0.6) is 0 Å². The van der Waals surface area contributed by atoms with Crippen molar-refractivity contribution in [3.8, 4) is 0 Å². The first-order valence-electron chi connectivity index (χ1n) is 9.33. The molecule has 0 bridgehead atoms. The zero-order valence-corrected chi connectivity index (χ0v) is 15.8. The summed E-state index contributed by atoms with van der Waals surface area (Å²) in [5, 5.41) is 3.34. The van der Waals surface area contributed by atoms with Crippen LogP contribution in [0.2, 0.25) is 0 Å². The molecule has 0 radical (unpaired) electrons. The molecule has 0 aliphatic carbocycles. The molecule has 6 nitrogen and oxygen atoms in total. The van der Waals surface area contributed by atoms with Gasteiger partial charge in [-0.2, -0.15) is 0 Å². The maximum Gasteiger partial charge on any atom is 0.236 e. The predicted octanol–water partition coefficient (Wildman–Crippen LogP) is 2.25. The lowest BCUT2D eigenvalue weighted by molar-refractivity contribution is -0.130. The molecule has 0 saturated carbocycles. The summed E-state index contributed by atoms with van der Waals surface area (Å²) in [6.07, 6.45) is 3.45. The molecule has 27 heavy (non-hydrogen) atoms. The Morgan fingerprint density at radius 1 is 1.11 bits per heavy atom. The maximum absolute atomic E-state index is 13.2. The summed E-state index contributed by atoms with van der Waals surface area (Å²) in [4.78, 5) is 25.1. The topological polar surface area (TPSA) is 61.4 Å². The quantitative estimate of drug-likeness (QED) is 0.844. The van der Waals surface area contributed by atoms with Crippen molar-refractivity contribution in [3.05, 3.63) is 54.1 Å². The van der Waals surface area contributed by atoms with Gasteiger partial charge in [0.25, 0.3) is 0 Å². The lowest BCUT2D eigenvalue weighted by Gasteiger charge is -2.35. The molecule has 1 saturated heterocycles. The number of anilines is 1. The van der Waals surface area contributed by atoms with E-state index in [1.54, 1.807) is 30.6 Å². The highest BCUT2D eigenvalue weighted by Crippen LogP contribution is 2.21. The standard InChI is InChI=1S/C20H26FN5O/c1-15(2)19(16-4-6-17(21)7-5-16)24-14-18(27)25-10-12-26(13-11-25)20-22-8-3-9-23-20/h3-9,15,19,24H,10-14H2,1-2H3/t19-/m1/s1. The van der Waals surface area contributed by atoms with E-state index in [4.69, 9.17) is 0 Å². The van der Waals surface area contributed by atoms with Crippen molar-refractivity contribution in [2.75, 3.05) is 37.6 Å². The van der Waals surface area contributed by atoms with Crippen LogP contribution in [-0.4, -0.2) is 53.5 Å². The second kappa shape index (κ2) is 8.90. The minimum Gasteiger partial charge on any atom is -0.338 e. The van der Waals surface area contributed by atoms with Gasteiger partial charge in [0.2, 0.25) is 11.9 Å². The molecule has 0 spiro atoms. The molecule has 1 aliphatic rings. The third-order valence-corrected chi connectivity index (χ3v) is 4.84. The monoisotopic (exact) mass is 371 g/mol. The number of amides is 1. The Labute approximate surface area is 159 Å². The number of hydrogen-bond donors (Lipinski definition) is 1. The Morgan fingerprint density at radius 3 is 2.33 bits per heavy atom. The minimum atomic E-state index is -0.252. The van der Waals surface area contributed by atoms with E-state index in [2.05, 4.69) is 34.0 Å². The van der Waals surface area contributed by atoms with E-state index in [0.29, 0.717) is 19.0 Å². The predicted molar refractivity (Wildman–Crippen MR) is 103 cm³/mol. The molecule has 0 unspecified atom stereocenters. The molecule has 2 aromatic rings. The van der Waals surface area contributed by atoms with E-state index in [1.807, 2.05) is 4.90 Å². The molecule has 1 amide bonds. The van der Waals surface area contributed by atoms with E-state index < -0.39 is 0 Å². The summed E-state index contributed by atoms with van der Waals surface area (Å²) < 4.78 is 13.2. The van der Waals surface area contributed by atoms with Gasteiger partial charge in [0, 0.05) is 44.6 Å². The van der Waals surface area contributed by atoms with Crippen LogP contribution in [0.1, 0.15) is 25.5 Å². The Morgan fingerprint density at radius 2 is 1.74 bits per heavy atom. The summed E-state index contributed by atoms with van der Waals surface area (Å²) in [6.45, 7) is 7.20. The van der Waals surface area contributed by atoms with Crippen molar-refractivity contribution in [1.29, 1.82) is 0 Å². The number of carbonyl (C=O) groups excluding carboxylic acids is 1. The largest absolute Gasteiger partial charge is 0.338 e. The van der Waals surface area contributed by atoms with Gasteiger partial charge < -0.3 is 15.1 Å². The van der Waals surface area contributed by atoms with E-state index in [-0.39, 0.29) is 30.2 Å². The SMILES string of the molecule is CC(C)[C@@H](NCC(=O)N1CCN(c2ncccn2)CC1)c1ccc(F)cc1. The molecule has 2 heterocycles. The molecule has 7 heteroatoms. The number of halogens is 1. The Bertz CT molecular complexity index is 730. The summed E-state index contributed by atoms with van der Waals surface area (Å²) in [7, 11) is 0. The smallest absolute Gasteiger partial charge is 0.236 e. The summed E-state index contributed by atoms with van der Waals surface area (Å²) in [6, 6.07) is 8.26. The average Bonchev–Trinajstić information content (AvgIpc) is 2.70. The fourth-order valence-electron chi connectivity index (χ4n) is 3.33. The fraction of sp³-hybridized carbons (Fsp3) is 0.450. The third-order valence-electron chi connectivity index (χ3n) is 4.84. The number of nitrogens with zero attached hydrogens (tertiary/aromatic N) is 4. The van der Waals surface area contributed by atoms with Crippen LogP contribution in [0.4, 0.5) is 10.3 Å². The first-order chi connectivity index (χ1) is 13.0. The molecule has 1 atom stereocenters. The number of carbonyl (C=O) groups is 1. The van der Waals surface area contributed by atoms with Gasteiger partial charge in [0.1, 0.15) is 5.82 Å². The molecule has 1 fully saturated rings. The number of aromatic nitrogens is 2. The highest BCUT2D eigenvalue weighted by atomic mass is 19.1.